The number of anilines is 1. The van der Waals surface area contributed by atoms with Gasteiger partial charge >= 0.3 is 0 Å². The molecule has 32 heavy (non-hydrogen) atoms. The van der Waals surface area contributed by atoms with E-state index in [2.05, 4.69) is 10.2 Å². The molecule has 4 aromatic rings. The highest BCUT2D eigenvalue weighted by molar-refractivity contribution is 7.18. The van der Waals surface area contributed by atoms with E-state index in [9.17, 15) is 9.59 Å². The third-order valence-corrected chi connectivity index (χ3v) is 7.40. The number of carbonyl (C=O) groups excluding carboxylic acids is 1. The molecule has 0 radical (unpaired) electrons. The van der Waals surface area contributed by atoms with Crippen molar-refractivity contribution in [3.63, 3.8) is 0 Å². The molecule has 0 bridgehead atoms. The Morgan fingerprint density at radius 2 is 1.84 bits per heavy atom. The number of benzene rings is 2. The lowest BCUT2D eigenvalue weighted by atomic mass is 10.1. The first kappa shape index (κ1) is 20.8. The van der Waals surface area contributed by atoms with E-state index in [1.54, 1.807) is 15.9 Å². The minimum absolute atomic E-state index is 0.0531. The van der Waals surface area contributed by atoms with Gasteiger partial charge in [-0.2, -0.15) is 0 Å². The molecule has 7 heteroatoms. The number of aryl methyl sites for hydroxylation is 2. The maximum atomic E-state index is 13.5. The van der Waals surface area contributed by atoms with E-state index < -0.39 is 0 Å². The highest BCUT2D eigenvalue weighted by Gasteiger charge is 2.21. The van der Waals surface area contributed by atoms with E-state index in [4.69, 9.17) is 4.98 Å². The molecule has 5 rings (SSSR count). The zero-order chi connectivity index (χ0) is 22.2. The number of aromatic nitrogens is 2. The molecule has 1 aliphatic rings. The van der Waals surface area contributed by atoms with Crippen molar-refractivity contribution in [2.24, 2.45) is 0 Å². The highest BCUT2D eigenvalue weighted by Crippen LogP contribution is 2.27. The smallest absolute Gasteiger partial charge is 0.263 e. The largest absolute Gasteiger partial charge is 0.324 e. The predicted molar refractivity (Wildman–Crippen MR) is 130 cm³/mol. The van der Waals surface area contributed by atoms with Crippen LogP contribution in [0.25, 0.3) is 21.0 Å². The van der Waals surface area contributed by atoms with Gasteiger partial charge in [0.15, 0.2) is 0 Å². The zero-order valence-corrected chi connectivity index (χ0v) is 19.2. The van der Waals surface area contributed by atoms with E-state index in [0.717, 1.165) is 57.7 Å². The maximum absolute atomic E-state index is 13.5. The van der Waals surface area contributed by atoms with Crippen LogP contribution in [0.3, 0.4) is 0 Å². The first-order valence-electron chi connectivity index (χ1n) is 11.0. The predicted octanol–water partition coefficient (Wildman–Crippen LogP) is 4.46. The normalized spacial score (nSPS) is 14.4. The topological polar surface area (TPSA) is 67.2 Å². The molecule has 1 fully saturated rings. The lowest BCUT2D eigenvalue weighted by Gasteiger charge is -2.18. The summed E-state index contributed by atoms with van der Waals surface area (Å²) in [7, 11) is 0. The van der Waals surface area contributed by atoms with Gasteiger partial charge in [0.2, 0.25) is 5.91 Å². The summed E-state index contributed by atoms with van der Waals surface area (Å²) in [6, 6.07) is 13.8. The SMILES string of the molecule is Cc1sc2nc(CN3CCCC3)n(CC(=O)Nc3cccc4ccccc34)c(=O)c2c1C. The molecule has 1 aliphatic heterocycles. The Kier molecular flexibility index (Phi) is 5.53. The number of rotatable bonds is 5. The number of thiophene rings is 1. The van der Waals surface area contributed by atoms with E-state index in [-0.39, 0.29) is 18.0 Å². The summed E-state index contributed by atoms with van der Waals surface area (Å²) in [5.41, 5.74) is 1.58. The van der Waals surface area contributed by atoms with Crippen LogP contribution in [0.5, 0.6) is 0 Å². The van der Waals surface area contributed by atoms with Crippen molar-refractivity contribution in [1.29, 1.82) is 0 Å². The van der Waals surface area contributed by atoms with E-state index >= 15 is 0 Å². The van der Waals surface area contributed by atoms with Crippen molar-refractivity contribution in [3.8, 4) is 0 Å². The fraction of sp³-hybridized carbons (Fsp3) is 0.320. The van der Waals surface area contributed by atoms with Crippen molar-refractivity contribution >= 4 is 43.9 Å². The quantitative estimate of drug-likeness (QED) is 0.491. The molecule has 3 heterocycles. The number of nitrogens with one attached hydrogen (secondary N) is 1. The van der Waals surface area contributed by atoms with Crippen LogP contribution in [-0.2, 0) is 17.9 Å². The van der Waals surface area contributed by atoms with Gasteiger partial charge in [-0.3, -0.25) is 19.1 Å². The number of fused-ring (bicyclic) bond motifs is 2. The average Bonchev–Trinajstić information content (AvgIpc) is 3.39. The molecule has 0 aliphatic carbocycles. The van der Waals surface area contributed by atoms with Crippen LogP contribution in [-0.4, -0.2) is 33.4 Å². The van der Waals surface area contributed by atoms with Gasteiger partial charge in [0.1, 0.15) is 17.2 Å². The minimum Gasteiger partial charge on any atom is -0.324 e. The van der Waals surface area contributed by atoms with Crippen molar-refractivity contribution in [2.75, 3.05) is 18.4 Å². The molecule has 2 aromatic carbocycles. The number of likely N-dealkylation sites (tertiary alicyclic amines) is 1. The van der Waals surface area contributed by atoms with E-state index in [1.807, 2.05) is 56.3 Å². The van der Waals surface area contributed by atoms with Gasteiger partial charge in [0.05, 0.1) is 11.9 Å². The van der Waals surface area contributed by atoms with Crippen molar-refractivity contribution in [2.45, 2.75) is 39.8 Å². The molecular weight excluding hydrogens is 420 g/mol. The Labute approximate surface area is 190 Å². The molecule has 6 nitrogen and oxygen atoms in total. The van der Waals surface area contributed by atoms with Crippen molar-refractivity contribution in [3.05, 3.63) is 69.1 Å². The van der Waals surface area contributed by atoms with Gasteiger partial charge in [-0.15, -0.1) is 11.3 Å². The number of hydrogen-bond acceptors (Lipinski definition) is 5. The molecule has 1 amide bonds. The third-order valence-electron chi connectivity index (χ3n) is 6.30. The van der Waals surface area contributed by atoms with Crippen LogP contribution < -0.4 is 10.9 Å². The Hall–Kier alpha value is -3.03. The molecule has 0 spiro atoms. The molecule has 164 valence electrons. The van der Waals surface area contributed by atoms with E-state index in [0.29, 0.717) is 17.8 Å². The molecule has 0 atom stereocenters. The summed E-state index contributed by atoms with van der Waals surface area (Å²) >= 11 is 1.55. The number of nitrogens with zero attached hydrogens (tertiary/aromatic N) is 3. The number of hydrogen-bond donors (Lipinski definition) is 1. The van der Waals surface area contributed by atoms with Gasteiger partial charge < -0.3 is 5.32 Å². The van der Waals surface area contributed by atoms with Crippen LogP contribution in [0, 0.1) is 13.8 Å². The monoisotopic (exact) mass is 446 g/mol. The fourth-order valence-corrected chi connectivity index (χ4v) is 5.50. The average molecular weight is 447 g/mol. The van der Waals surface area contributed by atoms with Crippen molar-refractivity contribution < 1.29 is 4.79 Å². The molecule has 1 saturated heterocycles. The molecular formula is C25H26N4O2S. The Bertz CT molecular complexity index is 1380. The summed E-state index contributed by atoms with van der Waals surface area (Å²) in [5, 5.41) is 5.68. The van der Waals surface area contributed by atoms with Gasteiger partial charge in [-0.05, 0) is 56.8 Å². The third kappa shape index (κ3) is 3.82. The molecule has 2 aromatic heterocycles. The zero-order valence-electron chi connectivity index (χ0n) is 18.4. The van der Waals surface area contributed by atoms with Crippen LogP contribution in [0.2, 0.25) is 0 Å². The first-order chi connectivity index (χ1) is 15.5. The Balaban J connectivity index is 1.51. The maximum Gasteiger partial charge on any atom is 0.263 e. The second-order valence-corrected chi connectivity index (χ2v) is 9.64. The summed E-state index contributed by atoms with van der Waals surface area (Å²) < 4.78 is 1.57. The van der Waals surface area contributed by atoms with E-state index in [1.165, 1.54) is 0 Å². The molecule has 0 saturated carbocycles. The second kappa shape index (κ2) is 8.48. The number of carbonyl (C=O) groups is 1. The van der Waals surface area contributed by atoms with Crippen LogP contribution in [0.1, 0.15) is 29.1 Å². The molecule has 1 N–H and O–H groups in total. The van der Waals surface area contributed by atoms with Gasteiger partial charge in [-0.25, -0.2) is 4.98 Å². The van der Waals surface area contributed by atoms with Crippen LogP contribution in [0.15, 0.2) is 47.3 Å². The molecule has 0 unspecified atom stereocenters. The summed E-state index contributed by atoms with van der Waals surface area (Å²) in [6.07, 6.45) is 2.32. The lowest BCUT2D eigenvalue weighted by Crippen LogP contribution is -2.33. The Morgan fingerprint density at radius 1 is 1.09 bits per heavy atom. The van der Waals surface area contributed by atoms with Gasteiger partial charge in [0, 0.05) is 16.0 Å². The van der Waals surface area contributed by atoms with Crippen LogP contribution in [0.4, 0.5) is 5.69 Å². The first-order valence-corrected chi connectivity index (χ1v) is 11.8. The number of amides is 1. The Morgan fingerprint density at radius 3 is 2.66 bits per heavy atom. The fourth-order valence-electron chi connectivity index (χ4n) is 4.46. The summed E-state index contributed by atoms with van der Waals surface area (Å²) in [6.45, 7) is 6.50. The van der Waals surface area contributed by atoms with Gasteiger partial charge in [0.25, 0.3) is 5.56 Å². The standard InChI is InChI=1S/C25H26N4O2S/c1-16-17(2)32-24-23(16)25(31)29(21(27-24)14-28-12-5-6-13-28)15-22(30)26-20-11-7-9-18-8-3-4-10-19(18)20/h3-4,7-11H,5-6,12-15H2,1-2H3,(H,26,30). The van der Waals surface area contributed by atoms with Crippen molar-refractivity contribution in [1.82, 2.24) is 14.5 Å². The summed E-state index contributed by atoms with van der Waals surface area (Å²) in [5.74, 6) is 0.440. The van der Waals surface area contributed by atoms with Crippen LogP contribution >= 0.6 is 11.3 Å². The summed E-state index contributed by atoms with van der Waals surface area (Å²) in [4.78, 5) is 35.6. The second-order valence-electron chi connectivity index (χ2n) is 8.44. The highest BCUT2D eigenvalue weighted by atomic mass is 32.1. The minimum atomic E-state index is -0.225. The lowest BCUT2D eigenvalue weighted by molar-refractivity contribution is -0.116. The van der Waals surface area contributed by atoms with Gasteiger partial charge in [-0.1, -0.05) is 36.4 Å².